The minimum absolute atomic E-state index is 1.13. The lowest BCUT2D eigenvalue weighted by Gasteiger charge is -2.25. The number of fused-ring (bicyclic) bond motifs is 6. The summed E-state index contributed by atoms with van der Waals surface area (Å²) in [7, 11) is 0. The van der Waals surface area contributed by atoms with Gasteiger partial charge in [0.25, 0.3) is 0 Å². The van der Waals surface area contributed by atoms with Crippen LogP contribution in [0.3, 0.4) is 0 Å². The van der Waals surface area contributed by atoms with Gasteiger partial charge in [-0.3, -0.25) is 0 Å². The summed E-state index contributed by atoms with van der Waals surface area (Å²) < 4.78 is 5.07. The van der Waals surface area contributed by atoms with Crippen LogP contribution in [-0.4, -0.2) is 4.57 Å². The molecule has 0 saturated heterocycles. The second kappa shape index (κ2) is 8.87. The Balaban J connectivity index is 1.32. The summed E-state index contributed by atoms with van der Waals surface area (Å²) in [6.45, 7) is 0. The summed E-state index contributed by atoms with van der Waals surface area (Å²) in [5, 5.41) is 5.25. The summed E-state index contributed by atoms with van der Waals surface area (Å²) in [5.74, 6) is 0. The van der Waals surface area contributed by atoms with Crippen molar-refractivity contribution in [3.63, 3.8) is 0 Å². The number of para-hydroxylation sites is 3. The maximum atomic E-state index is 2.41. The van der Waals surface area contributed by atoms with Gasteiger partial charge >= 0.3 is 0 Å². The fourth-order valence-electron chi connectivity index (χ4n) is 5.82. The van der Waals surface area contributed by atoms with E-state index in [9.17, 15) is 0 Å². The summed E-state index contributed by atoms with van der Waals surface area (Å²) in [4.78, 5) is 2.30. The first kappa shape index (κ1) is 22.2. The molecule has 3 heteroatoms. The Morgan fingerprint density at radius 2 is 1.00 bits per heavy atom. The molecule has 0 saturated carbocycles. The van der Waals surface area contributed by atoms with Crippen LogP contribution in [0.15, 0.2) is 146 Å². The largest absolute Gasteiger partial charge is 0.311 e. The van der Waals surface area contributed by atoms with E-state index in [0.717, 1.165) is 22.7 Å². The van der Waals surface area contributed by atoms with Crippen molar-refractivity contribution < 1.29 is 0 Å². The lowest BCUT2D eigenvalue weighted by molar-refractivity contribution is 1.17. The molecule has 2 nitrogen and oxygen atoms in total. The maximum Gasteiger partial charge on any atom is 0.0555 e. The van der Waals surface area contributed by atoms with Crippen LogP contribution in [0.2, 0.25) is 0 Å². The Kier molecular flexibility index (Phi) is 5.04. The molecule has 0 aliphatic carbocycles. The highest BCUT2D eigenvalue weighted by Crippen LogP contribution is 2.41. The van der Waals surface area contributed by atoms with Gasteiger partial charge in [-0.1, -0.05) is 72.8 Å². The Bertz CT molecular complexity index is 2060. The number of hydrogen-bond donors (Lipinski definition) is 0. The van der Waals surface area contributed by atoms with Crippen molar-refractivity contribution >= 4 is 70.4 Å². The van der Waals surface area contributed by atoms with E-state index in [1.54, 1.807) is 0 Å². The van der Waals surface area contributed by atoms with Crippen molar-refractivity contribution in [2.45, 2.75) is 0 Å². The molecule has 0 bridgehead atoms. The number of benzene rings is 6. The predicted octanol–water partition coefficient (Wildman–Crippen LogP) is 10.6. The van der Waals surface area contributed by atoms with Crippen LogP contribution < -0.4 is 4.90 Å². The molecule has 0 aliphatic heterocycles. The summed E-state index contributed by atoms with van der Waals surface area (Å²) in [6.07, 6.45) is 0. The second-order valence-electron chi connectivity index (χ2n) is 9.84. The van der Waals surface area contributed by atoms with E-state index in [-0.39, 0.29) is 0 Å². The first-order chi connectivity index (χ1) is 19.3. The first-order valence-electron chi connectivity index (χ1n) is 13.2. The molecule has 6 aromatic carbocycles. The molecule has 184 valence electrons. The van der Waals surface area contributed by atoms with E-state index in [1.165, 1.54) is 42.0 Å². The van der Waals surface area contributed by atoms with E-state index < -0.39 is 0 Å². The van der Waals surface area contributed by atoms with Crippen molar-refractivity contribution in [1.29, 1.82) is 0 Å². The zero-order chi connectivity index (χ0) is 25.8. The molecule has 0 N–H and O–H groups in total. The third-order valence-electron chi connectivity index (χ3n) is 7.57. The van der Waals surface area contributed by atoms with Gasteiger partial charge in [0.2, 0.25) is 0 Å². The molecule has 0 radical (unpaired) electrons. The van der Waals surface area contributed by atoms with E-state index in [1.807, 2.05) is 11.3 Å². The number of aromatic nitrogens is 1. The molecular weight excluding hydrogens is 492 g/mol. The molecule has 2 heterocycles. The third-order valence-corrected chi connectivity index (χ3v) is 8.70. The molecule has 8 rings (SSSR count). The highest BCUT2D eigenvalue weighted by molar-refractivity contribution is 7.25. The first-order valence-corrected chi connectivity index (χ1v) is 14.0. The Labute approximate surface area is 230 Å². The van der Waals surface area contributed by atoms with Crippen molar-refractivity contribution in [3.05, 3.63) is 146 Å². The monoisotopic (exact) mass is 516 g/mol. The van der Waals surface area contributed by atoms with Crippen LogP contribution in [0.4, 0.5) is 17.1 Å². The van der Waals surface area contributed by atoms with Gasteiger partial charge in [-0.25, -0.2) is 0 Å². The Hall–Kier alpha value is -4.86. The van der Waals surface area contributed by atoms with Gasteiger partial charge in [-0.15, -0.1) is 11.3 Å². The lowest BCUT2D eigenvalue weighted by Crippen LogP contribution is -2.09. The van der Waals surface area contributed by atoms with Crippen LogP contribution in [0, 0.1) is 0 Å². The smallest absolute Gasteiger partial charge is 0.0555 e. The van der Waals surface area contributed by atoms with Crippen molar-refractivity contribution in [1.82, 2.24) is 4.57 Å². The fourth-order valence-corrected chi connectivity index (χ4v) is 6.94. The average molecular weight is 517 g/mol. The highest BCUT2D eigenvalue weighted by atomic mass is 32.1. The van der Waals surface area contributed by atoms with Crippen molar-refractivity contribution in [2.75, 3.05) is 4.90 Å². The van der Waals surface area contributed by atoms with E-state index in [2.05, 4.69) is 155 Å². The Morgan fingerprint density at radius 3 is 1.72 bits per heavy atom. The standard InChI is InChI=1S/C36H24N2S/c1-3-11-25(12-4-1)37(26-13-5-2-6-14-26)27-19-21-28(22-20-27)38-33-17-9-7-15-29(33)31-23-32-30-16-8-10-18-35(30)39-36(32)24-34(31)38/h1-24H. The van der Waals surface area contributed by atoms with Crippen LogP contribution in [-0.2, 0) is 0 Å². The minimum Gasteiger partial charge on any atom is -0.311 e. The molecule has 8 aromatic rings. The summed E-state index contributed by atoms with van der Waals surface area (Å²) in [5.41, 5.74) is 7.03. The van der Waals surface area contributed by atoms with Crippen molar-refractivity contribution in [2.24, 2.45) is 0 Å². The lowest BCUT2D eigenvalue weighted by atomic mass is 10.1. The van der Waals surface area contributed by atoms with E-state index >= 15 is 0 Å². The molecular formula is C36H24N2S. The van der Waals surface area contributed by atoms with Gasteiger partial charge in [0, 0.05) is 53.7 Å². The number of rotatable bonds is 4. The van der Waals surface area contributed by atoms with Gasteiger partial charge in [0.05, 0.1) is 11.0 Å². The van der Waals surface area contributed by atoms with Gasteiger partial charge in [-0.2, -0.15) is 0 Å². The quantitative estimate of drug-likeness (QED) is 0.226. The molecule has 0 unspecified atom stereocenters. The molecule has 0 atom stereocenters. The number of thiophene rings is 1. The van der Waals surface area contributed by atoms with E-state index in [4.69, 9.17) is 0 Å². The number of hydrogen-bond acceptors (Lipinski definition) is 2. The molecule has 39 heavy (non-hydrogen) atoms. The van der Waals surface area contributed by atoms with Gasteiger partial charge in [0.15, 0.2) is 0 Å². The van der Waals surface area contributed by atoms with Crippen LogP contribution in [0.5, 0.6) is 0 Å². The Morgan fingerprint density at radius 1 is 0.410 bits per heavy atom. The minimum atomic E-state index is 1.13. The zero-order valence-corrected chi connectivity index (χ0v) is 22.0. The fraction of sp³-hybridized carbons (Fsp3) is 0. The van der Waals surface area contributed by atoms with Crippen molar-refractivity contribution in [3.8, 4) is 5.69 Å². The molecule has 0 aliphatic rings. The zero-order valence-electron chi connectivity index (χ0n) is 21.2. The highest BCUT2D eigenvalue weighted by Gasteiger charge is 2.16. The SMILES string of the molecule is c1ccc(N(c2ccccc2)c2ccc(-n3c4ccccc4c4cc5c(cc43)sc3ccccc35)cc2)cc1. The average Bonchev–Trinajstić information content (AvgIpc) is 3.52. The van der Waals surface area contributed by atoms with Gasteiger partial charge < -0.3 is 9.47 Å². The van der Waals surface area contributed by atoms with Gasteiger partial charge in [0.1, 0.15) is 0 Å². The summed E-state index contributed by atoms with van der Waals surface area (Å²) in [6, 6.07) is 52.3. The number of nitrogens with zero attached hydrogens (tertiary/aromatic N) is 2. The molecule has 2 aromatic heterocycles. The van der Waals surface area contributed by atoms with Crippen LogP contribution >= 0.6 is 11.3 Å². The molecule has 0 amide bonds. The third kappa shape index (κ3) is 3.55. The molecule has 0 fully saturated rings. The summed E-state index contributed by atoms with van der Waals surface area (Å²) >= 11 is 1.87. The number of anilines is 3. The second-order valence-corrected chi connectivity index (χ2v) is 10.9. The maximum absolute atomic E-state index is 2.41. The predicted molar refractivity (Wildman–Crippen MR) is 168 cm³/mol. The van der Waals surface area contributed by atoms with Gasteiger partial charge in [-0.05, 0) is 72.8 Å². The molecule has 0 spiro atoms. The topological polar surface area (TPSA) is 8.17 Å². The van der Waals surface area contributed by atoms with Crippen LogP contribution in [0.1, 0.15) is 0 Å². The van der Waals surface area contributed by atoms with E-state index in [0.29, 0.717) is 0 Å². The normalized spacial score (nSPS) is 11.6. The van der Waals surface area contributed by atoms with Crippen LogP contribution in [0.25, 0.3) is 47.7 Å².